The molecule has 0 bridgehead atoms. The summed E-state index contributed by atoms with van der Waals surface area (Å²) < 4.78 is 2.16. The zero-order valence-electron chi connectivity index (χ0n) is 55.4. The van der Waals surface area contributed by atoms with E-state index < -0.39 is 0 Å². The largest absolute Gasteiger partial charge is 0.310 e. The van der Waals surface area contributed by atoms with Crippen LogP contribution < -0.4 is 9.80 Å². The summed E-state index contributed by atoms with van der Waals surface area (Å²) in [5, 5.41) is 0. The fourth-order valence-corrected chi connectivity index (χ4v) is 13.8. The lowest BCUT2D eigenvalue weighted by Gasteiger charge is -2.28. The maximum Gasteiger partial charge on any atom is 0.0464 e. The normalized spacial score (nSPS) is 11.4. The second-order valence-corrected chi connectivity index (χ2v) is 28.1. The van der Waals surface area contributed by atoms with Gasteiger partial charge in [-0.05, 0) is 261 Å². The second kappa shape index (κ2) is 31.1. The first-order chi connectivity index (χ1) is 44.8. The first-order valence-electron chi connectivity index (χ1n) is 33.9. The van der Waals surface area contributed by atoms with Crippen LogP contribution in [0.15, 0.2) is 252 Å². The highest BCUT2D eigenvalue weighted by molar-refractivity contribution is 9.10. The number of rotatable bonds is 26. The first-order valence-corrected chi connectivity index (χ1v) is 35.5. The molecule has 11 aromatic carbocycles. The fourth-order valence-electron chi connectivity index (χ4n) is 13.3. The van der Waals surface area contributed by atoms with Gasteiger partial charge in [0.1, 0.15) is 0 Å². The molecule has 0 amide bonds. The lowest BCUT2D eigenvalue weighted by atomic mass is 9.84. The molecule has 0 aliphatic heterocycles. The molecule has 0 saturated carbocycles. The van der Waals surface area contributed by atoms with E-state index in [-0.39, 0.29) is 0 Å². The van der Waals surface area contributed by atoms with Crippen molar-refractivity contribution in [2.45, 2.75) is 132 Å². The quantitative estimate of drug-likeness (QED) is 0.0499. The Morgan fingerprint density at radius 1 is 0.283 bits per heavy atom. The SMILES string of the molecule is CCCCCCc1cc(-c2ccc(N(c3ccc(-c4ccc(Br)cc4)cc3)c3ccc(-c4ccc(CC(C)C)cc4)cc3)cc2C)c(CCCCCC)cc1-c1ccc(N(c2ccc(-c3ccc(Br)cc3)cc2)c2ccc(-c3ccc(CC(C)C)cc3)cc2)cc1C. The van der Waals surface area contributed by atoms with Crippen LogP contribution in [0.25, 0.3) is 66.8 Å². The lowest BCUT2D eigenvalue weighted by Crippen LogP contribution is -2.10. The van der Waals surface area contributed by atoms with Gasteiger partial charge in [-0.15, -0.1) is 0 Å². The van der Waals surface area contributed by atoms with Gasteiger partial charge >= 0.3 is 0 Å². The molecule has 0 aliphatic carbocycles. The molecule has 0 saturated heterocycles. The van der Waals surface area contributed by atoms with Crippen LogP contribution in [0.2, 0.25) is 0 Å². The van der Waals surface area contributed by atoms with Crippen molar-refractivity contribution in [1.29, 1.82) is 0 Å². The van der Waals surface area contributed by atoms with Gasteiger partial charge in [0, 0.05) is 43.1 Å². The van der Waals surface area contributed by atoms with Gasteiger partial charge in [-0.1, -0.05) is 258 Å². The van der Waals surface area contributed by atoms with Crippen LogP contribution in [0.4, 0.5) is 34.1 Å². The Balaban J connectivity index is 0.972. The Hall–Kier alpha value is -8.02. The summed E-state index contributed by atoms with van der Waals surface area (Å²) in [6.45, 7) is 18.4. The number of anilines is 6. The van der Waals surface area contributed by atoms with Gasteiger partial charge in [0.2, 0.25) is 0 Å². The topological polar surface area (TPSA) is 6.48 Å². The van der Waals surface area contributed by atoms with Crippen molar-refractivity contribution in [3.63, 3.8) is 0 Å². The van der Waals surface area contributed by atoms with Crippen molar-refractivity contribution >= 4 is 66.0 Å². The van der Waals surface area contributed by atoms with Crippen LogP contribution in [-0.4, -0.2) is 0 Å². The Morgan fingerprint density at radius 2 is 0.543 bits per heavy atom. The lowest BCUT2D eigenvalue weighted by molar-refractivity contribution is 0.647. The average Bonchev–Trinajstić information content (AvgIpc) is 0.790. The minimum atomic E-state index is 0.626. The maximum absolute atomic E-state index is 3.64. The van der Waals surface area contributed by atoms with Crippen molar-refractivity contribution in [2.24, 2.45) is 11.8 Å². The summed E-state index contributed by atoms with van der Waals surface area (Å²) in [6, 6.07) is 91.6. The van der Waals surface area contributed by atoms with E-state index in [1.54, 1.807) is 0 Å². The molecule has 11 aromatic rings. The minimum Gasteiger partial charge on any atom is -0.310 e. The zero-order chi connectivity index (χ0) is 64.1. The molecule has 0 spiro atoms. The molecule has 0 radical (unpaired) electrons. The van der Waals surface area contributed by atoms with Crippen molar-refractivity contribution in [3.05, 3.63) is 285 Å². The van der Waals surface area contributed by atoms with Gasteiger partial charge in [0.15, 0.2) is 0 Å². The van der Waals surface area contributed by atoms with Crippen molar-refractivity contribution in [1.82, 2.24) is 0 Å². The van der Waals surface area contributed by atoms with E-state index in [1.165, 1.54) is 139 Å². The molecule has 0 atom stereocenters. The second-order valence-electron chi connectivity index (χ2n) is 26.2. The third kappa shape index (κ3) is 16.2. The van der Waals surface area contributed by atoms with Crippen LogP contribution in [0, 0.1) is 25.7 Å². The third-order valence-corrected chi connectivity index (χ3v) is 19.2. The summed E-state index contributed by atoms with van der Waals surface area (Å²) in [5.41, 5.74) is 30.0. The predicted octanol–water partition coefficient (Wildman–Crippen LogP) is 27.4. The van der Waals surface area contributed by atoms with Crippen molar-refractivity contribution < 1.29 is 0 Å². The zero-order valence-corrected chi connectivity index (χ0v) is 58.6. The first kappa shape index (κ1) is 65.5. The van der Waals surface area contributed by atoms with E-state index in [9.17, 15) is 0 Å². The Labute approximate surface area is 567 Å². The summed E-state index contributed by atoms with van der Waals surface area (Å²) in [5.74, 6) is 1.25. The standard InChI is InChI=1S/C88H90Br2N2/c1-9-11-13-15-17-75-59-88(86-54-52-84(58-64(86)8)92(82-49-37-74(38-50-82)70-29-41-78(90)42-30-70)80-45-33-72(34-46-80)68-25-21-66(22-26-68)56-62(5)6)76(18-16-14-12-10-2)60-87(75)85-53-51-83(57-63(85)7)91(81-47-35-73(36-48-81)69-27-39-77(89)40-28-69)79-43-31-71(32-44-79)67-23-19-65(20-24-67)55-61(3)4/h19-54,57-62H,9-18,55-56H2,1-8H3. The van der Waals surface area contributed by atoms with Gasteiger partial charge < -0.3 is 9.80 Å². The van der Waals surface area contributed by atoms with Crippen molar-refractivity contribution in [2.75, 3.05) is 9.80 Å². The molecule has 2 nitrogen and oxygen atoms in total. The molecular formula is C88H90Br2N2. The van der Waals surface area contributed by atoms with E-state index in [0.29, 0.717) is 11.8 Å². The van der Waals surface area contributed by atoms with Gasteiger partial charge in [-0.2, -0.15) is 0 Å². The van der Waals surface area contributed by atoms with E-state index in [1.807, 2.05) is 0 Å². The van der Waals surface area contributed by atoms with Crippen LogP contribution in [0.3, 0.4) is 0 Å². The summed E-state index contributed by atoms with van der Waals surface area (Å²) >= 11 is 7.28. The molecule has 4 heteroatoms. The Bertz CT molecular complexity index is 3890. The van der Waals surface area contributed by atoms with E-state index >= 15 is 0 Å². The van der Waals surface area contributed by atoms with E-state index in [2.05, 4.69) is 340 Å². The smallest absolute Gasteiger partial charge is 0.0464 e. The van der Waals surface area contributed by atoms with Gasteiger partial charge in [0.25, 0.3) is 0 Å². The highest BCUT2D eigenvalue weighted by Crippen LogP contribution is 2.44. The molecule has 0 aromatic heterocycles. The summed E-state index contributed by atoms with van der Waals surface area (Å²) in [6.07, 6.45) is 13.9. The van der Waals surface area contributed by atoms with Crippen LogP contribution in [0.5, 0.6) is 0 Å². The van der Waals surface area contributed by atoms with Crippen LogP contribution >= 0.6 is 31.9 Å². The molecule has 0 aliphatic rings. The monoisotopic (exact) mass is 1330 g/mol. The van der Waals surface area contributed by atoms with Gasteiger partial charge in [0.05, 0.1) is 0 Å². The van der Waals surface area contributed by atoms with Gasteiger partial charge in [-0.25, -0.2) is 0 Å². The number of unbranched alkanes of at least 4 members (excludes halogenated alkanes) is 6. The average molecular weight is 1340 g/mol. The fraction of sp³-hybridized carbons (Fsp3) is 0.250. The number of aryl methyl sites for hydroxylation is 4. The van der Waals surface area contributed by atoms with Crippen LogP contribution in [0.1, 0.15) is 126 Å². The Kier molecular flexibility index (Phi) is 22.1. The predicted molar refractivity (Wildman–Crippen MR) is 406 cm³/mol. The number of halogens is 2. The number of benzene rings is 11. The van der Waals surface area contributed by atoms with E-state index in [4.69, 9.17) is 0 Å². The van der Waals surface area contributed by atoms with E-state index in [0.717, 1.165) is 81.6 Å². The Morgan fingerprint density at radius 3 is 0.804 bits per heavy atom. The highest BCUT2D eigenvalue weighted by atomic mass is 79.9. The molecular weight excluding hydrogens is 1240 g/mol. The molecule has 0 fully saturated rings. The number of hydrogen-bond acceptors (Lipinski definition) is 2. The third-order valence-electron chi connectivity index (χ3n) is 18.2. The molecule has 466 valence electrons. The maximum atomic E-state index is 3.64. The summed E-state index contributed by atoms with van der Waals surface area (Å²) in [7, 11) is 0. The number of nitrogens with zero attached hydrogens (tertiary/aromatic N) is 2. The highest BCUT2D eigenvalue weighted by Gasteiger charge is 2.22. The molecule has 0 unspecified atom stereocenters. The molecule has 0 heterocycles. The minimum absolute atomic E-state index is 0.626. The summed E-state index contributed by atoms with van der Waals surface area (Å²) in [4.78, 5) is 4.86. The van der Waals surface area contributed by atoms with Crippen molar-refractivity contribution in [3.8, 4) is 66.8 Å². The molecule has 11 rings (SSSR count). The number of hydrogen-bond donors (Lipinski definition) is 0. The molecule has 0 N–H and O–H groups in total. The molecule has 92 heavy (non-hydrogen) atoms. The van der Waals surface area contributed by atoms with Gasteiger partial charge in [-0.3, -0.25) is 0 Å². The van der Waals surface area contributed by atoms with Crippen LogP contribution in [-0.2, 0) is 25.7 Å².